The van der Waals surface area contributed by atoms with E-state index in [1.165, 1.54) is 0 Å². The number of nitrogens with zero attached hydrogens (tertiary/aromatic N) is 2. The molecule has 0 aromatic heterocycles. The van der Waals surface area contributed by atoms with Gasteiger partial charge in [-0.25, -0.2) is 0 Å². The molecule has 2 atom stereocenters. The normalized spacial score (nSPS) is 35.5. The summed E-state index contributed by atoms with van der Waals surface area (Å²) >= 11 is 0. The van der Waals surface area contributed by atoms with Gasteiger partial charge < -0.3 is 4.74 Å². The Morgan fingerprint density at radius 2 is 2.27 bits per heavy atom. The third kappa shape index (κ3) is 2.50. The van der Waals surface area contributed by atoms with Gasteiger partial charge in [-0.15, -0.1) is 0 Å². The average molecular weight is 208 g/mol. The summed E-state index contributed by atoms with van der Waals surface area (Å²) in [5, 5.41) is 8.98. The Bertz CT molecular complexity index is 269. The molecule has 2 aliphatic heterocycles. The predicted molar refractivity (Wildman–Crippen MR) is 58.4 cm³/mol. The van der Waals surface area contributed by atoms with Crippen LogP contribution in [-0.2, 0) is 4.74 Å². The van der Waals surface area contributed by atoms with Gasteiger partial charge in [0.05, 0.1) is 23.8 Å². The van der Waals surface area contributed by atoms with Crippen LogP contribution in [0.1, 0.15) is 39.5 Å². The van der Waals surface area contributed by atoms with E-state index in [0.717, 1.165) is 38.8 Å². The van der Waals surface area contributed by atoms with E-state index in [4.69, 9.17) is 10.00 Å². The lowest BCUT2D eigenvalue weighted by Gasteiger charge is -2.25. The van der Waals surface area contributed by atoms with E-state index in [0.29, 0.717) is 6.10 Å². The first-order valence-corrected chi connectivity index (χ1v) is 5.92. The van der Waals surface area contributed by atoms with Gasteiger partial charge in [-0.3, -0.25) is 4.90 Å². The molecule has 3 heteroatoms. The lowest BCUT2D eigenvalue weighted by molar-refractivity contribution is -0.0282. The van der Waals surface area contributed by atoms with Gasteiger partial charge in [0.15, 0.2) is 0 Å². The summed E-state index contributed by atoms with van der Waals surface area (Å²) in [6.45, 7) is 6.32. The first-order valence-electron chi connectivity index (χ1n) is 5.92. The lowest BCUT2D eigenvalue weighted by Crippen LogP contribution is -2.36. The fourth-order valence-corrected chi connectivity index (χ4v) is 2.66. The Morgan fingerprint density at radius 1 is 1.47 bits per heavy atom. The largest absolute Gasteiger partial charge is 0.371 e. The van der Waals surface area contributed by atoms with Crippen molar-refractivity contribution in [1.29, 1.82) is 5.26 Å². The van der Waals surface area contributed by atoms with Crippen LogP contribution in [0.25, 0.3) is 0 Å². The number of nitriles is 1. The molecule has 0 amide bonds. The molecule has 2 rings (SSSR count). The summed E-state index contributed by atoms with van der Waals surface area (Å²) in [6, 6.07) is 2.52. The average Bonchev–Trinajstić information content (AvgIpc) is 2.73. The van der Waals surface area contributed by atoms with Gasteiger partial charge in [-0.2, -0.15) is 5.26 Å². The van der Waals surface area contributed by atoms with Crippen LogP contribution < -0.4 is 0 Å². The van der Waals surface area contributed by atoms with Crippen molar-refractivity contribution in [3.8, 4) is 6.07 Å². The van der Waals surface area contributed by atoms with Gasteiger partial charge in [0.2, 0.25) is 0 Å². The molecule has 2 heterocycles. The maximum atomic E-state index is 8.98. The van der Waals surface area contributed by atoms with Crippen molar-refractivity contribution in [2.24, 2.45) is 0 Å². The summed E-state index contributed by atoms with van der Waals surface area (Å²) in [5.74, 6) is 0. The first-order chi connectivity index (χ1) is 7.11. The Kier molecular flexibility index (Phi) is 2.99. The van der Waals surface area contributed by atoms with E-state index in [1.807, 2.05) is 0 Å². The van der Waals surface area contributed by atoms with Gasteiger partial charge in [0.25, 0.3) is 0 Å². The molecular formula is C12H20N2O. The van der Waals surface area contributed by atoms with Crippen LogP contribution in [0.3, 0.4) is 0 Å². The summed E-state index contributed by atoms with van der Waals surface area (Å²) in [7, 11) is 0. The molecule has 0 aliphatic carbocycles. The molecular weight excluding hydrogens is 188 g/mol. The SMILES string of the molecule is CC1(C)CCC(CN2CCCC2C#N)O1. The molecule has 84 valence electrons. The second-order valence-corrected chi connectivity index (χ2v) is 5.32. The summed E-state index contributed by atoms with van der Waals surface area (Å²) in [6.07, 6.45) is 4.82. The van der Waals surface area contributed by atoms with Crippen molar-refractivity contribution in [3.05, 3.63) is 0 Å². The van der Waals surface area contributed by atoms with E-state index in [9.17, 15) is 0 Å². The number of hydrogen-bond acceptors (Lipinski definition) is 3. The topological polar surface area (TPSA) is 36.3 Å². The highest BCUT2D eigenvalue weighted by Gasteiger charge is 2.34. The van der Waals surface area contributed by atoms with Gasteiger partial charge in [-0.1, -0.05) is 0 Å². The lowest BCUT2D eigenvalue weighted by atomic mass is 10.1. The molecule has 2 aliphatic rings. The minimum Gasteiger partial charge on any atom is -0.371 e. The monoisotopic (exact) mass is 208 g/mol. The molecule has 0 radical (unpaired) electrons. The third-order valence-corrected chi connectivity index (χ3v) is 3.50. The van der Waals surface area contributed by atoms with Crippen LogP contribution in [-0.4, -0.2) is 35.7 Å². The Hall–Kier alpha value is -0.590. The summed E-state index contributed by atoms with van der Waals surface area (Å²) in [4.78, 5) is 2.28. The van der Waals surface area contributed by atoms with Gasteiger partial charge in [0, 0.05) is 6.54 Å². The van der Waals surface area contributed by atoms with Crippen molar-refractivity contribution in [2.45, 2.75) is 57.3 Å². The van der Waals surface area contributed by atoms with Gasteiger partial charge in [-0.05, 0) is 46.1 Å². The smallest absolute Gasteiger partial charge is 0.0979 e. The Morgan fingerprint density at radius 3 is 2.87 bits per heavy atom. The minimum atomic E-state index is 0.0481. The summed E-state index contributed by atoms with van der Waals surface area (Å²) in [5.41, 5.74) is 0.0481. The molecule has 0 N–H and O–H groups in total. The number of likely N-dealkylation sites (tertiary alicyclic amines) is 1. The summed E-state index contributed by atoms with van der Waals surface area (Å²) < 4.78 is 5.95. The number of hydrogen-bond donors (Lipinski definition) is 0. The zero-order chi connectivity index (χ0) is 10.9. The maximum Gasteiger partial charge on any atom is 0.0979 e. The van der Waals surface area contributed by atoms with Crippen molar-refractivity contribution >= 4 is 0 Å². The van der Waals surface area contributed by atoms with Crippen LogP contribution in [0, 0.1) is 11.3 Å². The first kappa shape index (κ1) is 10.9. The van der Waals surface area contributed by atoms with Gasteiger partial charge in [0.1, 0.15) is 0 Å². The van der Waals surface area contributed by atoms with Crippen molar-refractivity contribution in [1.82, 2.24) is 4.90 Å². The molecule has 2 saturated heterocycles. The predicted octanol–water partition coefficient (Wildman–Crippen LogP) is 1.93. The number of rotatable bonds is 2. The van der Waals surface area contributed by atoms with Crippen molar-refractivity contribution in [2.75, 3.05) is 13.1 Å². The van der Waals surface area contributed by atoms with Crippen LogP contribution in [0.5, 0.6) is 0 Å². The highest BCUT2D eigenvalue weighted by Crippen LogP contribution is 2.30. The Balaban J connectivity index is 1.85. The van der Waals surface area contributed by atoms with E-state index < -0.39 is 0 Å². The molecule has 2 unspecified atom stereocenters. The highest BCUT2D eigenvalue weighted by molar-refractivity contribution is 4.97. The molecule has 3 nitrogen and oxygen atoms in total. The quantitative estimate of drug-likeness (QED) is 0.695. The third-order valence-electron chi connectivity index (χ3n) is 3.50. The molecule has 0 saturated carbocycles. The second kappa shape index (κ2) is 4.11. The van der Waals surface area contributed by atoms with Gasteiger partial charge >= 0.3 is 0 Å². The molecule has 0 spiro atoms. The Labute approximate surface area is 92.0 Å². The van der Waals surface area contributed by atoms with Crippen LogP contribution >= 0.6 is 0 Å². The molecule has 0 aromatic rings. The zero-order valence-corrected chi connectivity index (χ0v) is 9.70. The van der Waals surface area contributed by atoms with E-state index in [-0.39, 0.29) is 11.6 Å². The standard InChI is InChI=1S/C12H20N2O/c1-12(2)6-5-11(15-12)9-14-7-3-4-10(14)8-13/h10-11H,3-7,9H2,1-2H3. The van der Waals surface area contributed by atoms with Crippen molar-refractivity contribution < 1.29 is 4.74 Å². The molecule has 0 bridgehead atoms. The maximum absolute atomic E-state index is 8.98. The minimum absolute atomic E-state index is 0.0481. The van der Waals surface area contributed by atoms with Crippen LogP contribution in [0.15, 0.2) is 0 Å². The van der Waals surface area contributed by atoms with E-state index >= 15 is 0 Å². The van der Waals surface area contributed by atoms with Crippen LogP contribution in [0.2, 0.25) is 0 Å². The fourth-order valence-electron chi connectivity index (χ4n) is 2.66. The van der Waals surface area contributed by atoms with Crippen LogP contribution in [0.4, 0.5) is 0 Å². The molecule has 15 heavy (non-hydrogen) atoms. The number of ether oxygens (including phenoxy) is 1. The van der Waals surface area contributed by atoms with E-state index in [1.54, 1.807) is 0 Å². The fraction of sp³-hybridized carbons (Fsp3) is 0.917. The highest BCUT2D eigenvalue weighted by atomic mass is 16.5. The molecule has 2 fully saturated rings. The second-order valence-electron chi connectivity index (χ2n) is 5.32. The molecule has 0 aromatic carbocycles. The van der Waals surface area contributed by atoms with E-state index in [2.05, 4.69) is 24.8 Å². The van der Waals surface area contributed by atoms with Crippen molar-refractivity contribution in [3.63, 3.8) is 0 Å². The zero-order valence-electron chi connectivity index (χ0n) is 9.70.